The number of benzene rings is 1. The van der Waals surface area contributed by atoms with Crippen LogP contribution < -0.4 is 4.46 Å². The molecule has 0 saturated carbocycles. The summed E-state index contributed by atoms with van der Waals surface area (Å²) in [7, 11) is 0. The van der Waals surface area contributed by atoms with Crippen molar-refractivity contribution in [3.63, 3.8) is 0 Å². The Morgan fingerprint density at radius 1 is 1.29 bits per heavy atom. The van der Waals surface area contributed by atoms with Gasteiger partial charge in [0.1, 0.15) is 0 Å². The molecule has 0 radical (unpaired) electrons. The van der Waals surface area contributed by atoms with Crippen LogP contribution in [0.25, 0.3) is 0 Å². The Bertz CT molecular complexity index is 433. The summed E-state index contributed by atoms with van der Waals surface area (Å²) in [4.78, 5) is 22.6. The fraction of sp³-hybridized carbons (Fsp3) is 0.500. The summed E-state index contributed by atoms with van der Waals surface area (Å²) in [6.45, 7) is 2.01. The number of hydrogen-bond acceptors (Lipinski definition) is 4. The topological polar surface area (TPSA) is 63.6 Å². The first kappa shape index (κ1) is 17.9. The first-order chi connectivity index (χ1) is 10.1. The van der Waals surface area contributed by atoms with Gasteiger partial charge in [0.15, 0.2) is 0 Å². The van der Waals surface area contributed by atoms with Crippen molar-refractivity contribution < 1.29 is 19.4 Å². The summed E-state index contributed by atoms with van der Waals surface area (Å²) in [6, 6.07) is 10.1. The number of aliphatic hydroxyl groups is 1. The number of esters is 1. The van der Waals surface area contributed by atoms with Crippen LogP contribution in [-0.4, -0.2) is 44.5 Å². The second-order valence-electron chi connectivity index (χ2n) is 4.69. The van der Waals surface area contributed by atoms with Gasteiger partial charge in [-0.3, -0.25) is 0 Å². The summed E-state index contributed by atoms with van der Waals surface area (Å²) < 4.78 is 5.99. The molecule has 1 atom stereocenters. The minimum absolute atomic E-state index is 0.116. The molecule has 1 unspecified atom stereocenters. The van der Waals surface area contributed by atoms with Crippen molar-refractivity contribution in [2.75, 3.05) is 6.61 Å². The molecule has 21 heavy (non-hydrogen) atoms. The second kappa shape index (κ2) is 10.5. The molecule has 0 amide bonds. The Kier molecular flexibility index (Phi) is 8.99. The molecule has 0 fully saturated rings. The van der Waals surface area contributed by atoms with Gasteiger partial charge in [-0.1, -0.05) is 0 Å². The summed E-state index contributed by atoms with van der Waals surface area (Å²) in [5, 5.41) is 10.7. The van der Waals surface area contributed by atoms with Crippen molar-refractivity contribution in [2.45, 2.75) is 44.0 Å². The zero-order chi connectivity index (χ0) is 15.5. The quantitative estimate of drug-likeness (QED) is 0.392. The second-order valence-corrected chi connectivity index (χ2v) is 6.98. The number of Topliss-reactive ketones (excluding diaryl/α,β-unsaturated/α-hetero) is 1. The maximum absolute atomic E-state index is 11.5. The van der Waals surface area contributed by atoms with Gasteiger partial charge in [0.05, 0.1) is 0 Å². The van der Waals surface area contributed by atoms with E-state index in [1.807, 2.05) is 18.2 Å². The van der Waals surface area contributed by atoms with Crippen molar-refractivity contribution in [3.05, 3.63) is 30.3 Å². The van der Waals surface area contributed by atoms with Gasteiger partial charge < -0.3 is 0 Å². The molecule has 0 aromatic heterocycles. The molecular formula is C16H22O4Se. The fourth-order valence-electron chi connectivity index (χ4n) is 1.79. The maximum atomic E-state index is 11.5. The fourth-order valence-corrected chi connectivity index (χ4v) is 3.68. The molecule has 0 aliphatic carbocycles. The summed E-state index contributed by atoms with van der Waals surface area (Å²) in [6.07, 6.45) is 1.01. The Morgan fingerprint density at radius 3 is 2.67 bits per heavy atom. The molecule has 4 nitrogen and oxygen atoms in total. The molecule has 1 aromatic carbocycles. The normalized spacial score (nSPS) is 11.9. The summed E-state index contributed by atoms with van der Waals surface area (Å²) >= 11 is 0.260. The van der Waals surface area contributed by atoms with Crippen LogP contribution in [0.4, 0.5) is 0 Å². The van der Waals surface area contributed by atoms with E-state index >= 15 is 0 Å². The Labute approximate surface area is 132 Å². The molecule has 1 N–H and O–H groups in total. The van der Waals surface area contributed by atoms with E-state index < -0.39 is 5.97 Å². The molecule has 0 spiro atoms. The van der Waals surface area contributed by atoms with E-state index in [0.29, 0.717) is 25.9 Å². The van der Waals surface area contributed by atoms with Gasteiger partial charge in [0.25, 0.3) is 0 Å². The van der Waals surface area contributed by atoms with Crippen LogP contribution in [0.2, 0.25) is 5.32 Å². The van der Waals surface area contributed by atoms with E-state index in [-0.39, 0.29) is 33.3 Å². The van der Waals surface area contributed by atoms with Gasteiger partial charge in [-0.2, -0.15) is 0 Å². The average Bonchev–Trinajstić information content (AvgIpc) is 2.46. The predicted molar refractivity (Wildman–Crippen MR) is 82.8 cm³/mol. The Balaban J connectivity index is 2.11. The number of ether oxygens (including phenoxy) is 1. The molecular weight excluding hydrogens is 335 g/mol. The van der Waals surface area contributed by atoms with E-state index in [9.17, 15) is 14.7 Å². The van der Waals surface area contributed by atoms with E-state index in [0.717, 1.165) is 5.32 Å². The van der Waals surface area contributed by atoms with Crippen LogP contribution in [-0.2, 0) is 14.3 Å². The molecule has 1 rings (SSSR count). The monoisotopic (exact) mass is 358 g/mol. The van der Waals surface area contributed by atoms with E-state index in [1.165, 1.54) is 4.46 Å². The first-order valence-corrected chi connectivity index (χ1v) is 9.21. The standard InChI is InChI=1S/C16H22O4Se/c1-2-20-16(19)11-13(17)7-6-8-14(18)12-21-15-9-4-3-5-10-15/h3-5,9-10,14,18H,2,6-8,11-12H2,1H3. The molecule has 0 aliphatic rings. The van der Waals surface area contributed by atoms with Crippen LogP contribution in [0.15, 0.2) is 30.3 Å². The van der Waals surface area contributed by atoms with Gasteiger partial charge in [0, 0.05) is 0 Å². The zero-order valence-corrected chi connectivity index (χ0v) is 14.0. The van der Waals surface area contributed by atoms with Crippen molar-refractivity contribution >= 4 is 31.2 Å². The van der Waals surface area contributed by atoms with Crippen LogP contribution >= 0.6 is 0 Å². The van der Waals surface area contributed by atoms with Gasteiger partial charge in [-0.05, 0) is 0 Å². The Hall–Kier alpha value is -1.16. The van der Waals surface area contributed by atoms with Gasteiger partial charge in [0.2, 0.25) is 0 Å². The van der Waals surface area contributed by atoms with Crippen molar-refractivity contribution in [3.8, 4) is 0 Å². The minimum atomic E-state index is -0.463. The number of rotatable bonds is 10. The van der Waals surface area contributed by atoms with Gasteiger partial charge in [-0.15, -0.1) is 0 Å². The number of carbonyl (C=O) groups is 2. The molecule has 0 aliphatic heterocycles. The summed E-state index contributed by atoms with van der Waals surface area (Å²) in [5.41, 5.74) is 0. The first-order valence-electron chi connectivity index (χ1n) is 7.15. The van der Waals surface area contributed by atoms with Crippen LogP contribution in [0.5, 0.6) is 0 Å². The van der Waals surface area contributed by atoms with Crippen LogP contribution in [0.3, 0.4) is 0 Å². The van der Waals surface area contributed by atoms with E-state index in [2.05, 4.69) is 12.1 Å². The number of carbonyl (C=O) groups excluding carboxylic acids is 2. The molecule has 0 saturated heterocycles. The van der Waals surface area contributed by atoms with Gasteiger partial charge in [-0.25, -0.2) is 0 Å². The summed E-state index contributed by atoms with van der Waals surface area (Å²) in [5.74, 6) is -0.579. The van der Waals surface area contributed by atoms with Gasteiger partial charge >= 0.3 is 132 Å². The van der Waals surface area contributed by atoms with Crippen molar-refractivity contribution in [2.24, 2.45) is 0 Å². The third-order valence-electron chi connectivity index (χ3n) is 2.83. The van der Waals surface area contributed by atoms with Crippen molar-refractivity contribution in [1.82, 2.24) is 0 Å². The molecule has 5 heteroatoms. The molecule has 0 bridgehead atoms. The van der Waals surface area contributed by atoms with Crippen molar-refractivity contribution in [1.29, 1.82) is 0 Å². The van der Waals surface area contributed by atoms with E-state index in [4.69, 9.17) is 4.74 Å². The third kappa shape index (κ3) is 8.66. The third-order valence-corrected chi connectivity index (χ3v) is 5.25. The zero-order valence-electron chi connectivity index (χ0n) is 12.3. The number of aliphatic hydroxyl groups excluding tert-OH is 1. The molecule has 1 aromatic rings. The van der Waals surface area contributed by atoms with Crippen LogP contribution in [0.1, 0.15) is 32.6 Å². The number of hydrogen-bond donors (Lipinski definition) is 1. The average molecular weight is 357 g/mol. The van der Waals surface area contributed by atoms with E-state index in [1.54, 1.807) is 6.92 Å². The number of ketones is 1. The predicted octanol–water partition coefficient (Wildman–Crippen LogP) is 1.49. The molecule has 116 valence electrons. The van der Waals surface area contributed by atoms with Crippen LogP contribution in [0, 0.1) is 0 Å². The molecule has 0 heterocycles. The SMILES string of the molecule is CCOC(=O)CC(=O)CCCC(O)C[Se]c1ccccc1. The Morgan fingerprint density at radius 2 is 2.00 bits per heavy atom.